The van der Waals surface area contributed by atoms with Gasteiger partial charge in [0.05, 0.1) is 0 Å². The minimum Gasteiger partial charge on any atom is -0.366 e. The van der Waals surface area contributed by atoms with Crippen LogP contribution in [0.15, 0.2) is 0 Å². The van der Waals surface area contributed by atoms with Gasteiger partial charge in [-0.15, -0.1) is 0 Å². The van der Waals surface area contributed by atoms with Gasteiger partial charge in [0.1, 0.15) is 0 Å². The lowest BCUT2D eigenvalue weighted by Crippen LogP contribution is -2.16. The summed E-state index contributed by atoms with van der Waals surface area (Å²) in [5, 5.41) is 0. The van der Waals surface area contributed by atoms with Crippen LogP contribution in [0.4, 0.5) is 0 Å². The lowest BCUT2D eigenvalue weighted by molar-refractivity contribution is 0.0999. The molecule has 0 heterocycles. The largest absolute Gasteiger partial charge is 0.366 e. The highest BCUT2D eigenvalue weighted by Gasteiger charge is 2.15. The summed E-state index contributed by atoms with van der Waals surface area (Å²) in [6.07, 6.45) is 0. The predicted octanol–water partition coefficient (Wildman–Crippen LogP) is 2.26. The van der Waals surface area contributed by atoms with E-state index in [4.69, 9.17) is 17.2 Å². The Morgan fingerprint density at radius 2 is 0.950 bits per heavy atom. The highest BCUT2D eigenvalue weighted by atomic mass is 16.1. The van der Waals surface area contributed by atoms with E-state index in [1.807, 2.05) is 41.5 Å². The Hall–Kier alpha value is -1.39. The van der Waals surface area contributed by atoms with Crippen molar-refractivity contribution in [3.8, 4) is 0 Å². The zero-order chi connectivity index (χ0) is 16.5. The van der Waals surface area contributed by atoms with Crippen LogP contribution in [0.25, 0.3) is 0 Å². The van der Waals surface area contributed by atoms with Gasteiger partial charge in [0, 0.05) is 5.56 Å². The molecule has 116 valence electrons. The fourth-order valence-electron chi connectivity index (χ4n) is 1.87. The lowest BCUT2D eigenvalue weighted by Gasteiger charge is -2.16. The predicted molar refractivity (Wildman–Crippen MR) is 88.1 cm³/mol. The van der Waals surface area contributed by atoms with Crippen molar-refractivity contribution in [2.24, 2.45) is 17.2 Å². The average molecular weight is 281 g/mol. The number of nitrogens with two attached hydrogens (primary N) is 3. The Kier molecular flexibility index (Phi) is 10.9. The summed E-state index contributed by atoms with van der Waals surface area (Å²) in [6, 6.07) is 0. The molecule has 6 N–H and O–H groups in total. The van der Waals surface area contributed by atoms with Crippen molar-refractivity contribution in [1.29, 1.82) is 0 Å². The first-order valence-electron chi connectivity index (χ1n) is 6.97. The van der Waals surface area contributed by atoms with Gasteiger partial charge in [-0.1, -0.05) is 13.8 Å². The molecule has 0 aliphatic heterocycles. The quantitative estimate of drug-likeness (QED) is 0.736. The maximum Gasteiger partial charge on any atom is 0.249 e. The van der Waals surface area contributed by atoms with Gasteiger partial charge in [0.2, 0.25) is 5.91 Å². The summed E-state index contributed by atoms with van der Waals surface area (Å²) in [7, 11) is 0. The van der Waals surface area contributed by atoms with E-state index in [1.165, 1.54) is 16.7 Å². The molecule has 4 nitrogen and oxygen atoms in total. The molecule has 0 aliphatic carbocycles. The molecule has 1 aromatic rings. The van der Waals surface area contributed by atoms with E-state index in [-0.39, 0.29) is 5.91 Å². The minimum absolute atomic E-state index is 0.328. The average Bonchev–Trinajstić information content (AvgIpc) is 2.36. The zero-order valence-corrected chi connectivity index (χ0v) is 14.1. The van der Waals surface area contributed by atoms with Crippen molar-refractivity contribution in [2.45, 2.75) is 48.5 Å². The SMILES string of the molecule is CCN.CCN.Cc1c(C)c(C)c(C(N)=O)c(C)c1C. The van der Waals surface area contributed by atoms with Crippen molar-refractivity contribution in [1.82, 2.24) is 0 Å². The Balaban J connectivity index is 0. The topological polar surface area (TPSA) is 95.1 Å². The smallest absolute Gasteiger partial charge is 0.249 e. The highest BCUT2D eigenvalue weighted by molar-refractivity contribution is 5.96. The van der Waals surface area contributed by atoms with Gasteiger partial charge < -0.3 is 17.2 Å². The van der Waals surface area contributed by atoms with Gasteiger partial charge in [0.25, 0.3) is 0 Å². The second-order valence-corrected chi connectivity index (χ2v) is 4.68. The van der Waals surface area contributed by atoms with E-state index in [9.17, 15) is 4.79 Å². The van der Waals surface area contributed by atoms with E-state index in [0.29, 0.717) is 5.56 Å². The number of carbonyl (C=O) groups is 1. The van der Waals surface area contributed by atoms with Crippen LogP contribution >= 0.6 is 0 Å². The molecule has 0 radical (unpaired) electrons. The molecule has 1 amide bonds. The molecule has 0 atom stereocenters. The summed E-state index contributed by atoms with van der Waals surface area (Å²) in [4.78, 5) is 11.3. The standard InChI is InChI=1S/C12H17NO.2C2H7N/c1-6-7(2)9(4)11(12(13)14)10(5)8(6)3;2*1-2-3/h1-5H3,(H2,13,14);2*2-3H2,1H3. The molecule has 0 unspecified atom stereocenters. The van der Waals surface area contributed by atoms with Crippen molar-refractivity contribution in [3.63, 3.8) is 0 Å². The summed E-state index contributed by atoms with van der Waals surface area (Å²) in [5.41, 5.74) is 21.4. The van der Waals surface area contributed by atoms with Crippen LogP contribution < -0.4 is 17.2 Å². The first-order chi connectivity index (χ1) is 9.20. The van der Waals surface area contributed by atoms with Gasteiger partial charge >= 0.3 is 0 Å². The summed E-state index contributed by atoms with van der Waals surface area (Å²) < 4.78 is 0. The third-order valence-electron chi connectivity index (χ3n) is 3.25. The van der Waals surface area contributed by atoms with E-state index >= 15 is 0 Å². The Bertz CT molecular complexity index is 409. The summed E-state index contributed by atoms with van der Waals surface area (Å²) >= 11 is 0. The third kappa shape index (κ3) is 5.72. The Morgan fingerprint density at radius 3 is 1.15 bits per heavy atom. The molecule has 0 aliphatic rings. The second kappa shape index (κ2) is 10.4. The number of benzene rings is 1. The first-order valence-corrected chi connectivity index (χ1v) is 6.97. The molecular formula is C16H31N3O. The number of carbonyl (C=O) groups excluding carboxylic acids is 1. The molecule has 0 saturated carbocycles. The van der Waals surface area contributed by atoms with E-state index < -0.39 is 0 Å². The van der Waals surface area contributed by atoms with Crippen LogP contribution in [0, 0.1) is 34.6 Å². The first kappa shape index (κ1) is 20.9. The molecular weight excluding hydrogens is 250 g/mol. The molecule has 0 bridgehead atoms. The van der Waals surface area contributed by atoms with Crippen LogP contribution in [0.1, 0.15) is 52.0 Å². The number of primary amides is 1. The maximum atomic E-state index is 11.3. The minimum atomic E-state index is -0.328. The van der Waals surface area contributed by atoms with Crippen LogP contribution in [0.2, 0.25) is 0 Å². The Morgan fingerprint density at radius 1 is 0.750 bits per heavy atom. The number of hydrogen-bond donors (Lipinski definition) is 3. The lowest BCUT2D eigenvalue weighted by atomic mass is 9.89. The molecule has 0 saturated heterocycles. The molecule has 1 aromatic carbocycles. The molecule has 0 aromatic heterocycles. The van der Waals surface area contributed by atoms with Crippen LogP contribution in [-0.2, 0) is 0 Å². The third-order valence-corrected chi connectivity index (χ3v) is 3.25. The Labute approximate surface area is 123 Å². The van der Waals surface area contributed by atoms with E-state index in [2.05, 4.69) is 6.92 Å². The summed E-state index contributed by atoms with van der Waals surface area (Å²) in [6.45, 7) is 15.4. The molecule has 0 fully saturated rings. The van der Waals surface area contributed by atoms with Crippen molar-refractivity contribution >= 4 is 5.91 Å². The van der Waals surface area contributed by atoms with Gasteiger partial charge in [-0.2, -0.15) is 0 Å². The van der Waals surface area contributed by atoms with Gasteiger partial charge in [-0.25, -0.2) is 0 Å². The molecule has 4 heteroatoms. The number of rotatable bonds is 1. The van der Waals surface area contributed by atoms with Gasteiger partial charge in [-0.05, 0) is 75.5 Å². The van der Waals surface area contributed by atoms with E-state index in [0.717, 1.165) is 24.2 Å². The fourth-order valence-corrected chi connectivity index (χ4v) is 1.87. The normalized spacial score (nSPS) is 9.05. The van der Waals surface area contributed by atoms with Crippen molar-refractivity contribution in [3.05, 3.63) is 33.4 Å². The maximum absolute atomic E-state index is 11.3. The van der Waals surface area contributed by atoms with Crippen LogP contribution in [0.3, 0.4) is 0 Å². The monoisotopic (exact) mass is 281 g/mol. The van der Waals surface area contributed by atoms with Gasteiger partial charge in [0.15, 0.2) is 0 Å². The second-order valence-electron chi connectivity index (χ2n) is 4.68. The molecule has 0 spiro atoms. The van der Waals surface area contributed by atoms with E-state index in [1.54, 1.807) is 0 Å². The van der Waals surface area contributed by atoms with Crippen LogP contribution in [-0.4, -0.2) is 19.0 Å². The highest BCUT2D eigenvalue weighted by Crippen LogP contribution is 2.25. The van der Waals surface area contributed by atoms with Gasteiger partial charge in [-0.3, -0.25) is 4.79 Å². The fraction of sp³-hybridized carbons (Fsp3) is 0.562. The number of amides is 1. The summed E-state index contributed by atoms with van der Waals surface area (Å²) in [5.74, 6) is -0.328. The van der Waals surface area contributed by atoms with Crippen molar-refractivity contribution in [2.75, 3.05) is 13.1 Å². The van der Waals surface area contributed by atoms with Crippen LogP contribution in [0.5, 0.6) is 0 Å². The zero-order valence-electron chi connectivity index (χ0n) is 14.1. The van der Waals surface area contributed by atoms with Crippen molar-refractivity contribution < 1.29 is 4.79 Å². The molecule has 20 heavy (non-hydrogen) atoms. The number of hydrogen-bond acceptors (Lipinski definition) is 3. The molecule has 1 rings (SSSR count).